The molecule has 19 heavy (non-hydrogen) atoms. The zero-order valence-corrected chi connectivity index (χ0v) is 11.2. The van der Waals surface area contributed by atoms with Crippen LogP contribution in [0.4, 0.5) is 0 Å². The molecule has 0 aromatic carbocycles. The molecule has 0 fully saturated rings. The van der Waals surface area contributed by atoms with Gasteiger partial charge in [-0.2, -0.15) is 0 Å². The predicted octanol–water partition coefficient (Wildman–Crippen LogP) is 3.26. The molecule has 3 rings (SSSR count). The Balaban J connectivity index is 2.20. The molecule has 1 atom stereocenters. The first-order valence-corrected chi connectivity index (χ1v) is 6.57. The lowest BCUT2D eigenvalue weighted by Gasteiger charge is -2.14. The van der Waals surface area contributed by atoms with E-state index >= 15 is 0 Å². The SMILES string of the molecule is CCc1cc2c(cn1)C=Cc1ncc(Cl)cc1[C@@H]2O. The van der Waals surface area contributed by atoms with Crippen molar-refractivity contribution in [3.63, 3.8) is 0 Å². The third kappa shape index (κ3) is 2.15. The second-order valence-electron chi connectivity index (χ2n) is 4.52. The van der Waals surface area contributed by atoms with Crippen LogP contribution in [0.25, 0.3) is 12.2 Å². The van der Waals surface area contributed by atoms with Crippen molar-refractivity contribution in [2.24, 2.45) is 0 Å². The summed E-state index contributed by atoms with van der Waals surface area (Å²) < 4.78 is 0. The number of rotatable bonds is 1. The third-order valence-corrected chi connectivity index (χ3v) is 3.52. The number of aliphatic hydroxyl groups excluding tert-OH is 1. The summed E-state index contributed by atoms with van der Waals surface area (Å²) in [4.78, 5) is 8.61. The number of aliphatic hydroxyl groups is 1. The molecule has 4 heteroatoms. The van der Waals surface area contributed by atoms with E-state index in [1.807, 2.05) is 25.1 Å². The van der Waals surface area contributed by atoms with Crippen molar-refractivity contribution in [3.8, 4) is 0 Å². The van der Waals surface area contributed by atoms with Crippen LogP contribution < -0.4 is 0 Å². The molecule has 2 aromatic rings. The van der Waals surface area contributed by atoms with Crippen molar-refractivity contribution >= 4 is 23.8 Å². The van der Waals surface area contributed by atoms with Crippen molar-refractivity contribution in [1.29, 1.82) is 0 Å². The number of aryl methyl sites for hydroxylation is 1. The highest BCUT2D eigenvalue weighted by Crippen LogP contribution is 2.33. The van der Waals surface area contributed by atoms with E-state index in [1.165, 1.54) is 0 Å². The van der Waals surface area contributed by atoms with Gasteiger partial charge in [0.2, 0.25) is 0 Å². The average Bonchev–Trinajstić information content (AvgIpc) is 2.57. The van der Waals surface area contributed by atoms with Crippen LogP contribution in [0.5, 0.6) is 0 Å². The summed E-state index contributed by atoms with van der Waals surface area (Å²) in [6.07, 6.45) is 7.31. The second-order valence-corrected chi connectivity index (χ2v) is 4.96. The molecule has 2 aromatic heterocycles. The van der Waals surface area contributed by atoms with E-state index in [1.54, 1.807) is 18.5 Å². The lowest BCUT2D eigenvalue weighted by Crippen LogP contribution is -2.05. The average molecular weight is 273 g/mol. The number of hydrogen-bond acceptors (Lipinski definition) is 3. The lowest BCUT2D eigenvalue weighted by molar-refractivity contribution is 0.219. The molecular formula is C15H13ClN2O. The summed E-state index contributed by atoms with van der Waals surface area (Å²) in [7, 11) is 0. The molecule has 0 aliphatic heterocycles. The van der Waals surface area contributed by atoms with Crippen LogP contribution in [-0.2, 0) is 6.42 Å². The van der Waals surface area contributed by atoms with Crippen LogP contribution in [0.1, 0.15) is 41.1 Å². The van der Waals surface area contributed by atoms with Gasteiger partial charge in [0.05, 0.1) is 10.7 Å². The molecule has 0 radical (unpaired) electrons. The Morgan fingerprint density at radius 3 is 2.79 bits per heavy atom. The Morgan fingerprint density at radius 1 is 1.16 bits per heavy atom. The quantitative estimate of drug-likeness (QED) is 0.867. The standard InChI is InChI=1S/C15H13ClN2O/c1-2-11-6-12-9(7-17-11)3-4-14-13(15(12)19)5-10(16)8-18-14/h3-8,15,19H,2H2,1H3/t15-/m1/s1. The molecule has 1 N–H and O–H groups in total. The number of hydrogen-bond donors (Lipinski definition) is 1. The summed E-state index contributed by atoms with van der Waals surface area (Å²) in [5.41, 5.74) is 4.20. The van der Waals surface area contributed by atoms with Crippen molar-refractivity contribution in [2.45, 2.75) is 19.4 Å². The minimum absolute atomic E-state index is 0.527. The largest absolute Gasteiger partial charge is 0.384 e. The van der Waals surface area contributed by atoms with Crippen LogP contribution in [0.15, 0.2) is 24.5 Å². The smallest absolute Gasteiger partial charge is 0.107 e. The summed E-state index contributed by atoms with van der Waals surface area (Å²) in [5, 5.41) is 11.1. The van der Waals surface area contributed by atoms with Gasteiger partial charge < -0.3 is 5.11 Å². The highest BCUT2D eigenvalue weighted by Gasteiger charge is 2.21. The maximum Gasteiger partial charge on any atom is 0.107 e. The van der Waals surface area contributed by atoms with Crippen molar-refractivity contribution in [2.75, 3.05) is 0 Å². The molecule has 0 saturated heterocycles. The first-order valence-electron chi connectivity index (χ1n) is 6.19. The number of pyridine rings is 2. The van der Waals surface area contributed by atoms with E-state index in [-0.39, 0.29) is 0 Å². The normalized spacial score (nSPS) is 16.7. The summed E-state index contributed by atoms with van der Waals surface area (Å²) in [5.74, 6) is 0. The molecule has 3 nitrogen and oxygen atoms in total. The number of fused-ring (bicyclic) bond motifs is 2. The van der Waals surface area contributed by atoms with Gasteiger partial charge in [0.15, 0.2) is 0 Å². The van der Waals surface area contributed by atoms with E-state index < -0.39 is 6.10 Å². The van der Waals surface area contributed by atoms with Gasteiger partial charge in [-0.25, -0.2) is 0 Å². The molecule has 0 unspecified atom stereocenters. The highest BCUT2D eigenvalue weighted by molar-refractivity contribution is 6.30. The monoisotopic (exact) mass is 272 g/mol. The molecule has 0 bridgehead atoms. The Labute approximate surface area is 116 Å². The molecule has 0 saturated carbocycles. The van der Waals surface area contributed by atoms with Crippen LogP contribution in [0.3, 0.4) is 0 Å². The molecule has 0 spiro atoms. The predicted molar refractivity (Wildman–Crippen MR) is 75.9 cm³/mol. The number of nitrogens with zero attached hydrogens (tertiary/aromatic N) is 2. The van der Waals surface area contributed by atoms with E-state index in [2.05, 4.69) is 9.97 Å². The Bertz CT molecular complexity index is 667. The fourth-order valence-electron chi connectivity index (χ4n) is 2.26. The van der Waals surface area contributed by atoms with Crippen molar-refractivity contribution in [1.82, 2.24) is 9.97 Å². The minimum atomic E-state index is -0.723. The lowest BCUT2D eigenvalue weighted by atomic mass is 9.99. The zero-order chi connectivity index (χ0) is 13.4. The molecule has 96 valence electrons. The Morgan fingerprint density at radius 2 is 2.00 bits per heavy atom. The van der Waals surface area contributed by atoms with Crippen LogP contribution in [-0.4, -0.2) is 15.1 Å². The topological polar surface area (TPSA) is 46.0 Å². The first-order chi connectivity index (χ1) is 9.19. The number of halogens is 1. The van der Waals surface area contributed by atoms with Gasteiger partial charge in [-0.3, -0.25) is 9.97 Å². The van der Waals surface area contributed by atoms with E-state index in [0.717, 1.165) is 34.5 Å². The van der Waals surface area contributed by atoms with E-state index in [0.29, 0.717) is 5.02 Å². The first kappa shape index (κ1) is 12.3. The molecule has 2 heterocycles. The van der Waals surface area contributed by atoms with E-state index in [9.17, 15) is 5.11 Å². The molecule has 1 aliphatic carbocycles. The summed E-state index contributed by atoms with van der Waals surface area (Å²) in [6.45, 7) is 2.04. The van der Waals surface area contributed by atoms with Gasteiger partial charge in [-0.1, -0.05) is 24.6 Å². The molecule has 1 aliphatic rings. The van der Waals surface area contributed by atoms with Gasteiger partial charge >= 0.3 is 0 Å². The van der Waals surface area contributed by atoms with Gasteiger partial charge in [0, 0.05) is 23.7 Å². The zero-order valence-electron chi connectivity index (χ0n) is 10.5. The van der Waals surface area contributed by atoms with Gasteiger partial charge in [-0.05, 0) is 35.8 Å². The van der Waals surface area contributed by atoms with Gasteiger partial charge in [-0.15, -0.1) is 0 Å². The third-order valence-electron chi connectivity index (χ3n) is 3.31. The maximum absolute atomic E-state index is 10.6. The van der Waals surface area contributed by atoms with E-state index in [4.69, 9.17) is 11.6 Å². The van der Waals surface area contributed by atoms with Crippen molar-refractivity contribution in [3.05, 3.63) is 57.6 Å². The summed E-state index contributed by atoms with van der Waals surface area (Å²) >= 11 is 5.97. The van der Waals surface area contributed by atoms with Gasteiger partial charge in [0.25, 0.3) is 0 Å². The Kier molecular flexibility index (Phi) is 3.09. The maximum atomic E-state index is 10.6. The van der Waals surface area contributed by atoms with Crippen molar-refractivity contribution < 1.29 is 5.11 Å². The minimum Gasteiger partial charge on any atom is -0.384 e. The molecule has 0 amide bonds. The van der Waals surface area contributed by atoms with Gasteiger partial charge in [0.1, 0.15) is 6.10 Å². The number of aromatic nitrogens is 2. The van der Waals surface area contributed by atoms with Crippen LogP contribution in [0, 0.1) is 0 Å². The highest BCUT2D eigenvalue weighted by atomic mass is 35.5. The fraction of sp³-hybridized carbons (Fsp3) is 0.200. The second kappa shape index (κ2) is 4.76. The van der Waals surface area contributed by atoms with Crippen LogP contribution in [0.2, 0.25) is 5.02 Å². The Hall–Kier alpha value is -1.71. The fourth-order valence-corrected chi connectivity index (χ4v) is 2.42. The summed E-state index contributed by atoms with van der Waals surface area (Å²) in [6, 6.07) is 3.71. The van der Waals surface area contributed by atoms with Crippen LogP contribution >= 0.6 is 11.6 Å². The molecular weight excluding hydrogens is 260 g/mol.